The summed E-state index contributed by atoms with van der Waals surface area (Å²) in [5, 5.41) is 9.55. The molecule has 0 bridgehead atoms. The molecule has 0 aliphatic heterocycles. The monoisotopic (exact) mass is 532 g/mol. The number of carbonyl (C=O) groups is 1. The van der Waals surface area contributed by atoms with E-state index in [4.69, 9.17) is 0 Å². The molecule has 37 heavy (non-hydrogen) atoms. The summed E-state index contributed by atoms with van der Waals surface area (Å²) in [6.45, 7) is 2.25. The first-order valence-electron chi connectivity index (χ1n) is 14.3. The van der Waals surface area contributed by atoms with E-state index in [2.05, 4.69) is 11.9 Å². The van der Waals surface area contributed by atoms with Crippen molar-refractivity contribution in [2.75, 3.05) is 5.75 Å². The normalized spacial score (nSPS) is 13.4. The molecule has 0 radical (unpaired) electrons. The highest BCUT2D eigenvalue weighted by Gasteiger charge is 2.52. The van der Waals surface area contributed by atoms with Crippen molar-refractivity contribution in [1.29, 1.82) is 0 Å². The Morgan fingerprint density at radius 1 is 0.811 bits per heavy atom. The molecule has 0 fully saturated rings. The maximum atomic E-state index is 13.7. The van der Waals surface area contributed by atoms with Gasteiger partial charge in [-0.1, -0.05) is 121 Å². The van der Waals surface area contributed by atoms with Crippen molar-refractivity contribution in [2.24, 2.45) is 0 Å². The molecule has 7 heteroatoms. The van der Waals surface area contributed by atoms with Crippen molar-refractivity contribution >= 4 is 15.7 Å². The summed E-state index contributed by atoms with van der Waals surface area (Å²) < 4.78 is 25.5. The summed E-state index contributed by atoms with van der Waals surface area (Å²) in [7, 11) is -3.91. The second-order valence-corrected chi connectivity index (χ2v) is 12.6. The van der Waals surface area contributed by atoms with E-state index in [1.807, 2.05) is 30.3 Å². The zero-order chi connectivity index (χ0) is 26.8. The summed E-state index contributed by atoms with van der Waals surface area (Å²) in [6, 6.07) is 12.8. The lowest BCUT2D eigenvalue weighted by molar-refractivity contribution is -0.132. The quantitative estimate of drug-likeness (QED) is 0.0896. The molecule has 1 aromatic heterocycles. The van der Waals surface area contributed by atoms with E-state index >= 15 is 0 Å². The number of hydrogen-bond donors (Lipinski definition) is 3. The summed E-state index contributed by atoms with van der Waals surface area (Å²) >= 11 is 0. The number of amides is 1. The summed E-state index contributed by atoms with van der Waals surface area (Å²) in [4.78, 5) is 15.9. The molecule has 1 aromatic carbocycles. The third kappa shape index (κ3) is 9.93. The van der Waals surface area contributed by atoms with E-state index in [0.29, 0.717) is 18.5 Å². The van der Waals surface area contributed by atoms with Crippen molar-refractivity contribution in [3.63, 3.8) is 0 Å². The Labute approximate surface area is 224 Å². The molecule has 0 saturated heterocycles. The first-order chi connectivity index (χ1) is 18.0. The van der Waals surface area contributed by atoms with Gasteiger partial charge in [0.15, 0.2) is 14.6 Å². The molecule has 1 unspecified atom stereocenters. The third-order valence-corrected chi connectivity index (χ3v) is 9.90. The van der Waals surface area contributed by atoms with E-state index in [1.165, 1.54) is 64.2 Å². The van der Waals surface area contributed by atoms with Crippen LogP contribution in [-0.2, 0) is 25.8 Å². The van der Waals surface area contributed by atoms with Crippen LogP contribution in [0.4, 0.5) is 0 Å². The van der Waals surface area contributed by atoms with Crippen molar-refractivity contribution < 1.29 is 18.4 Å². The van der Waals surface area contributed by atoms with Gasteiger partial charge in [-0.3, -0.25) is 10.0 Å². The van der Waals surface area contributed by atoms with Gasteiger partial charge in [-0.2, -0.15) is 0 Å². The molecule has 2 aromatic rings. The Hall–Kier alpha value is -2.12. The molecule has 1 heterocycles. The van der Waals surface area contributed by atoms with Crippen LogP contribution in [0.25, 0.3) is 0 Å². The van der Waals surface area contributed by atoms with E-state index in [9.17, 15) is 18.4 Å². The average molecular weight is 533 g/mol. The number of carbonyl (C=O) groups excluding carboxylic acids is 1. The Morgan fingerprint density at radius 2 is 1.35 bits per heavy atom. The van der Waals surface area contributed by atoms with Gasteiger partial charge in [-0.05, 0) is 37.0 Å². The largest absolute Gasteiger partial charge is 0.363 e. The molecule has 2 rings (SSSR count). The number of nitrogens with one attached hydrogen (secondary N) is 2. The van der Waals surface area contributed by atoms with Crippen molar-refractivity contribution in [1.82, 2.24) is 10.5 Å². The number of H-pyrrole nitrogens is 1. The Bertz CT molecular complexity index is 961. The third-order valence-electron chi connectivity index (χ3n) is 7.41. The molecule has 3 N–H and O–H groups in total. The lowest BCUT2D eigenvalue weighted by Crippen LogP contribution is -2.50. The Balaban J connectivity index is 1.83. The highest BCUT2D eigenvalue weighted by Crippen LogP contribution is 2.36. The number of aromatic amines is 1. The van der Waals surface area contributed by atoms with E-state index in [1.54, 1.807) is 23.8 Å². The minimum absolute atomic E-state index is 0.0465. The fraction of sp³-hybridized carbons (Fsp3) is 0.633. The van der Waals surface area contributed by atoms with E-state index < -0.39 is 20.5 Å². The predicted molar refractivity (Wildman–Crippen MR) is 151 cm³/mol. The minimum atomic E-state index is -3.91. The lowest BCUT2D eigenvalue weighted by Gasteiger charge is -2.30. The Kier molecular flexibility index (Phi) is 14.6. The number of hydroxylamine groups is 1. The maximum absolute atomic E-state index is 13.7. The van der Waals surface area contributed by atoms with Crippen LogP contribution in [0.2, 0.25) is 0 Å². The van der Waals surface area contributed by atoms with Crippen molar-refractivity contribution in [2.45, 2.75) is 114 Å². The molecule has 1 amide bonds. The number of sulfone groups is 1. The highest BCUT2D eigenvalue weighted by atomic mass is 32.2. The van der Waals surface area contributed by atoms with Gasteiger partial charge in [0.1, 0.15) is 0 Å². The van der Waals surface area contributed by atoms with Crippen LogP contribution in [0.15, 0.2) is 48.7 Å². The van der Waals surface area contributed by atoms with E-state index in [0.717, 1.165) is 24.8 Å². The van der Waals surface area contributed by atoms with Gasteiger partial charge < -0.3 is 4.98 Å². The van der Waals surface area contributed by atoms with Gasteiger partial charge >= 0.3 is 0 Å². The number of rotatable bonds is 21. The summed E-state index contributed by atoms with van der Waals surface area (Å²) in [5.74, 6) is -0.997. The molecule has 6 nitrogen and oxygen atoms in total. The van der Waals surface area contributed by atoms with Gasteiger partial charge in [0, 0.05) is 11.9 Å². The van der Waals surface area contributed by atoms with Crippen LogP contribution in [0, 0.1) is 0 Å². The van der Waals surface area contributed by atoms with Crippen LogP contribution in [0.1, 0.15) is 114 Å². The first-order valence-corrected chi connectivity index (χ1v) is 16.0. The summed E-state index contributed by atoms with van der Waals surface area (Å²) in [6.07, 6.45) is 18.6. The van der Waals surface area contributed by atoms with Gasteiger partial charge in [-0.25, -0.2) is 13.9 Å². The number of aryl methyl sites for hydroxylation is 1. The number of hydrogen-bond acceptors (Lipinski definition) is 4. The first kappa shape index (κ1) is 31.1. The van der Waals surface area contributed by atoms with Gasteiger partial charge in [0.25, 0.3) is 5.91 Å². The molecule has 0 aliphatic rings. The SMILES string of the molecule is CCCCCCCCCCCCCCCCS(=O)(=O)C(CCc1ccccc1)(C(=O)NO)c1ccc[nH]1. The predicted octanol–water partition coefficient (Wildman–Crippen LogP) is 7.24. The van der Waals surface area contributed by atoms with E-state index in [-0.39, 0.29) is 12.2 Å². The number of unbranched alkanes of at least 4 members (excludes halogenated alkanes) is 13. The number of aromatic nitrogens is 1. The van der Waals surface area contributed by atoms with Gasteiger partial charge in [-0.15, -0.1) is 0 Å². The second kappa shape index (κ2) is 17.4. The standard InChI is InChI=1S/C30H48N2O4S/c1-2-3-4-5-6-7-8-9-10-11-12-13-14-18-26-37(35,36)30(29(33)32-34,28-22-19-25-31-28)24-23-27-20-16-15-17-21-27/h15-17,19-22,25,31,34H,2-14,18,23-24,26H2,1H3,(H,32,33). The zero-order valence-corrected chi connectivity index (χ0v) is 23.5. The topological polar surface area (TPSA) is 99.3 Å². The van der Waals surface area contributed by atoms with Crippen LogP contribution < -0.4 is 5.48 Å². The molecule has 0 saturated carbocycles. The smallest absolute Gasteiger partial charge is 0.270 e. The fourth-order valence-electron chi connectivity index (χ4n) is 5.13. The Morgan fingerprint density at radius 3 is 1.84 bits per heavy atom. The van der Waals surface area contributed by atoms with Crippen LogP contribution in [-0.4, -0.2) is 30.3 Å². The average Bonchev–Trinajstić information content (AvgIpc) is 3.44. The molecule has 0 spiro atoms. The highest BCUT2D eigenvalue weighted by molar-refractivity contribution is 7.93. The van der Waals surface area contributed by atoms with Crippen LogP contribution in [0.3, 0.4) is 0 Å². The molecule has 0 aliphatic carbocycles. The van der Waals surface area contributed by atoms with Crippen molar-refractivity contribution in [3.8, 4) is 0 Å². The molecule has 208 valence electrons. The van der Waals surface area contributed by atoms with Gasteiger partial charge in [0.2, 0.25) is 0 Å². The maximum Gasteiger partial charge on any atom is 0.270 e. The van der Waals surface area contributed by atoms with Crippen LogP contribution >= 0.6 is 0 Å². The minimum Gasteiger partial charge on any atom is -0.363 e. The van der Waals surface area contributed by atoms with Crippen LogP contribution in [0.5, 0.6) is 0 Å². The van der Waals surface area contributed by atoms with Crippen molar-refractivity contribution in [3.05, 3.63) is 59.9 Å². The number of benzene rings is 1. The molecular formula is C30H48N2O4S. The zero-order valence-electron chi connectivity index (χ0n) is 22.7. The molecule has 1 atom stereocenters. The summed E-state index contributed by atoms with van der Waals surface area (Å²) in [5.41, 5.74) is 2.88. The lowest BCUT2D eigenvalue weighted by atomic mass is 9.94. The molecular weight excluding hydrogens is 484 g/mol. The second-order valence-electron chi connectivity index (χ2n) is 10.3. The fourth-order valence-corrected chi connectivity index (χ4v) is 7.27. The van der Waals surface area contributed by atoms with Gasteiger partial charge in [0.05, 0.1) is 5.75 Å².